The summed E-state index contributed by atoms with van der Waals surface area (Å²) in [6, 6.07) is 5.03. The van der Waals surface area contributed by atoms with Crippen LogP contribution in [0.15, 0.2) is 30.5 Å². The minimum absolute atomic E-state index is 0.257. The number of pyridine rings is 1. The van der Waals surface area contributed by atoms with Crippen LogP contribution in [0, 0.1) is 27.7 Å². The topological polar surface area (TPSA) is 38.9 Å². The summed E-state index contributed by atoms with van der Waals surface area (Å²) in [6.07, 6.45) is -0.139. The quantitative estimate of drug-likeness (QED) is 0.831. The molecule has 5 heteroatoms. The van der Waals surface area contributed by atoms with E-state index in [1.165, 1.54) is 12.2 Å². The highest BCUT2D eigenvalue weighted by Gasteiger charge is 2.39. The van der Waals surface area contributed by atoms with Crippen molar-refractivity contribution in [1.29, 1.82) is 0 Å². The highest BCUT2D eigenvalue weighted by molar-refractivity contribution is 5.52. The van der Waals surface area contributed by atoms with Gasteiger partial charge in [0, 0.05) is 12.7 Å². The SMILES string of the molecule is Cc1cc(/C=C/C(c2cc(C)c(C)c(C)c2)C(F)(F)F)cnc1CN. The number of nitrogens with two attached hydrogens (primary N) is 1. The van der Waals surface area contributed by atoms with Gasteiger partial charge in [0.2, 0.25) is 0 Å². The van der Waals surface area contributed by atoms with Gasteiger partial charge in [-0.1, -0.05) is 24.3 Å². The minimum Gasteiger partial charge on any atom is -0.325 e. The number of hydrogen-bond acceptors (Lipinski definition) is 2. The molecule has 0 bridgehead atoms. The molecule has 0 amide bonds. The van der Waals surface area contributed by atoms with Gasteiger partial charge in [0.05, 0.1) is 11.6 Å². The van der Waals surface area contributed by atoms with Gasteiger partial charge in [-0.25, -0.2) is 0 Å². The molecule has 2 aromatic rings. The fourth-order valence-electron chi connectivity index (χ4n) is 2.79. The molecule has 1 aromatic carbocycles. The zero-order chi connectivity index (χ0) is 18.8. The number of aryl methyl sites for hydroxylation is 3. The summed E-state index contributed by atoms with van der Waals surface area (Å²) in [6.45, 7) is 7.74. The lowest BCUT2D eigenvalue weighted by Crippen LogP contribution is -2.19. The Kier molecular flexibility index (Phi) is 5.68. The van der Waals surface area contributed by atoms with Crippen LogP contribution in [0.4, 0.5) is 13.2 Å². The molecule has 2 N–H and O–H groups in total. The Balaban J connectivity index is 2.41. The van der Waals surface area contributed by atoms with E-state index in [4.69, 9.17) is 5.73 Å². The third-order valence-corrected chi connectivity index (χ3v) is 4.54. The summed E-state index contributed by atoms with van der Waals surface area (Å²) >= 11 is 0. The Morgan fingerprint density at radius 1 is 1.04 bits per heavy atom. The third kappa shape index (κ3) is 4.48. The average Bonchev–Trinajstić information content (AvgIpc) is 2.51. The molecule has 2 rings (SSSR count). The average molecular weight is 348 g/mol. The first kappa shape index (κ1) is 19.2. The monoisotopic (exact) mass is 348 g/mol. The lowest BCUT2D eigenvalue weighted by atomic mass is 9.91. The fraction of sp³-hybridized carbons (Fsp3) is 0.350. The molecule has 0 saturated heterocycles. The van der Waals surface area contributed by atoms with Crippen molar-refractivity contribution < 1.29 is 13.2 Å². The standard InChI is InChI=1S/C20H23F3N2/c1-12-8-17(9-13(2)15(12)4)18(20(21,22)23)6-5-16-7-14(3)19(10-24)25-11-16/h5-9,11,18H,10,24H2,1-4H3/b6-5+. The summed E-state index contributed by atoms with van der Waals surface area (Å²) in [5, 5.41) is 0. The second kappa shape index (κ2) is 7.40. The number of allylic oxidation sites excluding steroid dienone is 1. The number of halogens is 3. The maximum Gasteiger partial charge on any atom is 0.399 e. The molecule has 0 saturated carbocycles. The van der Waals surface area contributed by atoms with E-state index in [0.29, 0.717) is 12.1 Å². The Hall–Kier alpha value is -2.14. The molecule has 1 atom stereocenters. The predicted octanol–water partition coefficient (Wildman–Crippen LogP) is 5.13. The van der Waals surface area contributed by atoms with Gasteiger partial charge in [-0.2, -0.15) is 13.2 Å². The second-order valence-electron chi connectivity index (χ2n) is 6.39. The molecule has 1 heterocycles. The van der Waals surface area contributed by atoms with Gasteiger partial charge in [0.1, 0.15) is 0 Å². The Morgan fingerprint density at radius 3 is 2.12 bits per heavy atom. The van der Waals surface area contributed by atoms with Gasteiger partial charge in [-0.05, 0) is 67.1 Å². The summed E-state index contributed by atoms with van der Waals surface area (Å²) in [4.78, 5) is 4.19. The van der Waals surface area contributed by atoms with Gasteiger partial charge in [0.15, 0.2) is 0 Å². The lowest BCUT2D eigenvalue weighted by Gasteiger charge is -2.19. The van der Waals surface area contributed by atoms with Crippen molar-refractivity contribution >= 4 is 6.08 Å². The van der Waals surface area contributed by atoms with Crippen molar-refractivity contribution in [3.05, 3.63) is 69.5 Å². The van der Waals surface area contributed by atoms with Crippen LogP contribution in [0.5, 0.6) is 0 Å². The van der Waals surface area contributed by atoms with Gasteiger partial charge < -0.3 is 5.73 Å². The molecule has 1 aromatic heterocycles. The van der Waals surface area contributed by atoms with Crippen molar-refractivity contribution in [2.75, 3.05) is 0 Å². The fourth-order valence-corrected chi connectivity index (χ4v) is 2.79. The highest BCUT2D eigenvalue weighted by atomic mass is 19.4. The summed E-state index contributed by atoms with van der Waals surface area (Å²) < 4.78 is 40.8. The van der Waals surface area contributed by atoms with E-state index < -0.39 is 12.1 Å². The molecular weight excluding hydrogens is 325 g/mol. The first-order chi connectivity index (χ1) is 11.6. The number of rotatable bonds is 4. The molecule has 0 fully saturated rings. The molecule has 1 unspecified atom stereocenters. The lowest BCUT2D eigenvalue weighted by molar-refractivity contribution is -0.139. The van der Waals surface area contributed by atoms with Gasteiger partial charge >= 0.3 is 6.18 Å². The molecule has 0 aliphatic heterocycles. The van der Waals surface area contributed by atoms with Crippen LogP contribution in [0.25, 0.3) is 6.08 Å². The summed E-state index contributed by atoms with van der Waals surface area (Å²) in [5.74, 6) is -1.65. The van der Waals surface area contributed by atoms with E-state index >= 15 is 0 Å². The maximum atomic E-state index is 13.6. The van der Waals surface area contributed by atoms with Crippen molar-refractivity contribution in [2.24, 2.45) is 5.73 Å². The van der Waals surface area contributed by atoms with E-state index in [9.17, 15) is 13.2 Å². The van der Waals surface area contributed by atoms with Crippen LogP contribution in [-0.2, 0) is 6.54 Å². The van der Waals surface area contributed by atoms with Crippen molar-refractivity contribution in [2.45, 2.75) is 46.3 Å². The number of hydrogen-bond donors (Lipinski definition) is 1. The van der Waals surface area contributed by atoms with Crippen molar-refractivity contribution in [1.82, 2.24) is 4.98 Å². The number of nitrogens with zero attached hydrogens (tertiary/aromatic N) is 1. The largest absolute Gasteiger partial charge is 0.399 e. The molecule has 0 spiro atoms. The molecule has 0 radical (unpaired) electrons. The molecule has 134 valence electrons. The van der Waals surface area contributed by atoms with Crippen LogP contribution in [0.3, 0.4) is 0 Å². The molecule has 25 heavy (non-hydrogen) atoms. The summed E-state index contributed by atoms with van der Waals surface area (Å²) in [5.41, 5.74) is 10.8. The number of alkyl halides is 3. The number of benzene rings is 1. The molecule has 0 aliphatic rings. The summed E-state index contributed by atoms with van der Waals surface area (Å²) in [7, 11) is 0. The highest BCUT2D eigenvalue weighted by Crippen LogP contribution is 2.37. The van der Waals surface area contributed by atoms with Crippen LogP contribution in [-0.4, -0.2) is 11.2 Å². The van der Waals surface area contributed by atoms with Crippen molar-refractivity contribution in [3.63, 3.8) is 0 Å². The van der Waals surface area contributed by atoms with E-state index in [1.807, 2.05) is 27.7 Å². The van der Waals surface area contributed by atoms with E-state index in [0.717, 1.165) is 27.9 Å². The zero-order valence-electron chi connectivity index (χ0n) is 14.9. The van der Waals surface area contributed by atoms with E-state index in [2.05, 4.69) is 4.98 Å². The Morgan fingerprint density at radius 2 is 1.64 bits per heavy atom. The van der Waals surface area contributed by atoms with Gasteiger partial charge in [-0.3, -0.25) is 4.98 Å². The third-order valence-electron chi connectivity index (χ3n) is 4.54. The van der Waals surface area contributed by atoms with Crippen LogP contribution >= 0.6 is 0 Å². The maximum absolute atomic E-state index is 13.6. The van der Waals surface area contributed by atoms with E-state index in [-0.39, 0.29) is 5.56 Å². The zero-order valence-corrected chi connectivity index (χ0v) is 14.9. The first-order valence-corrected chi connectivity index (χ1v) is 8.11. The second-order valence-corrected chi connectivity index (χ2v) is 6.39. The van der Waals surface area contributed by atoms with Gasteiger partial charge in [-0.15, -0.1) is 0 Å². The number of aromatic nitrogens is 1. The van der Waals surface area contributed by atoms with Crippen LogP contribution in [0.1, 0.15) is 45.0 Å². The minimum atomic E-state index is -4.36. The van der Waals surface area contributed by atoms with Crippen molar-refractivity contribution in [3.8, 4) is 0 Å². The van der Waals surface area contributed by atoms with E-state index in [1.54, 1.807) is 24.4 Å². The Bertz CT molecular complexity index is 769. The predicted molar refractivity (Wildman–Crippen MR) is 95.3 cm³/mol. The molecular formula is C20H23F3N2. The smallest absolute Gasteiger partial charge is 0.325 e. The van der Waals surface area contributed by atoms with Crippen LogP contribution in [0.2, 0.25) is 0 Å². The Labute approximate surface area is 146 Å². The molecule has 2 nitrogen and oxygen atoms in total. The normalized spacial score (nSPS) is 13.4. The van der Waals surface area contributed by atoms with Gasteiger partial charge in [0.25, 0.3) is 0 Å². The molecule has 0 aliphatic carbocycles. The first-order valence-electron chi connectivity index (χ1n) is 8.11. The van der Waals surface area contributed by atoms with Crippen LogP contribution < -0.4 is 5.73 Å².